The number of aryl methyl sites for hydroxylation is 1. The Balaban J connectivity index is 1.17. The van der Waals surface area contributed by atoms with Crippen LogP contribution in [0.2, 0.25) is 0 Å². The molecule has 8 N–H and O–H groups in total. The number of aromatic hydroxyl groups is 1. The van der Waals surface area contributed by atoms with Gasteiger partial charge in [-0.1, -0.05) is 70.1 Å². The van der Waals surface area contributed by atoms with Crippen molar-refractivity contribution in [3.05, 3.63) is 124 Å². The average Bonchev–Trinajstić information content (AvgIpc) is 3.84. The number of primary amides is 1. The molecule has 2 aromatic heterocycles. The minimum atomic E-state index is -2.62. The molecule has 66 heavy (non-hydrogen) atoms. The summed E-state index contributed by atoms with van der Waals surface area (Å²) in [5.74, 6) is 3.65. The first-order valence-corrected chi connectivity index (χ1v) is 24.0. The van der Waals surface area contributed by atoms with Crippen LogP contribution in [0, 0.1) is 23.7 Å². The normalized spacial score (nSPS) is 28.0. The van der Waals surface area contributed by atoms with E-state index in [0.29, 0.717) is 18.6 Å². The molecule has 0 saturated carbocycles. The maximum absolute atomic E-state index is 13.9. The van der Waals surface area contributed by atoms with Gasteiger partial charge in [-0.25, -0.2) is 4.79 Å². The highest BCUT2D eigenvalue weighted by atomic mass is 33.1. The number of hydrogen-bond donors (Lipinski definition) is 7. The number of β-amino-alcohol motifs (C(OH)–C–C–N with tert-alkyl or cyclic N) is 1. The molecule has 0 unspecified atom stereocenters. The smallest absolute Gasteiger partial charge is 0.335 e. The fraction of sp³-hybridized carbons (Fsp3) is 0.347. The first-order valence-electron chi connectivity index (χ1n) is 21.5. The Morgan fingerprint density at radius 3 is 2.62 bits per heavy atom. The summed E-state index contributed by atoms with van der Waals surface area (Å²) in [7, 11) is 2.72. The van der Waals surface area contributed by atoms with E-state index in [-0.39, 0.29) is 70.1 Å². The Hall–Kier alpha value is -5.84. The lowest BCUT2D eigenvalue weighted by Crippen LogP contribution is -2.80. The number of aliphatic hydroxyl groups excluding tert-OH is 1. The van der Waals surface area contributed by atoms with Gasteiger partial charge in [-0.2, -0.15) is 0 Å². The van der Waals surface area contributed by atoms with Gasteiger partial charge in [-0.15, -0.1) is 11.8 Å². The van der Waals surface area contributed by atoms with Crippen molar-refractivity contribution in [1.82, 2.24) is 10.3 Å². The molecular weight excluding hydrogens is 887 g/mol. The van der Waals surface area contributed by atoms with Gasteiger partial charge in [0.25, 0.3) is 5.91 Å². The van der Waals surface area contributed by atoms with Crippen LogP contribution in [0.25, 0.3) is 28.2 Å². The Labute approximate surface area is 387 Å². The molecular formula is C49H49N3O12S2. The molecule has 8 rings (SSSR count). The van der Waals surface area contributed by atoms with Gasteiger partial charge in [0, 0.05) is 43.6 Å². The summed E-state index contributed by atoms with van der Waals surface area (Å²) in [4.78, 5) is 55.9. The van der Waals surface area contributed by atoms with Gasteiger partial charge in [-0.3, -0.25) is 14.4 Å². The van der Waals surface area contributed by atoms with Gasteiger partial charge >= 0.3 is 5.97 Å². The van der Waals surface area contributed by atoms with Crippen LogP contribution in [0.4, 0.5) is 0 Å². The van der Waals surface area contributed by atoms with Crippen molar-refractivity contribution in [2.45, 2.75) is 67.7 Å². The van der Waals surface area contributed by atoms with Gasteiger partial charge < -0.3 is 55.1 Å². The number of phenols is 1. The third-order valence-corrected chi connectivity index (χ3v) is 14.7. The van der Waals surface area contributed by atoms with Gasteiger partial charge in [0.05, 0.1) is 10.9 Å². The van der Waals surface area contributed by atoms with Crippen molar-refractivity contribution in [1.29, 1.82) is 0 Å². The number of phenolic OH excluding ortho intramolecular Hbond substituents is 1. The third-order valence-electron chi connectivity index (χ3n) is 12.6. The monoisotopic (exact) mass is 935 g/mol. The lowest BCUT2D eigenvalue weighted by molar-refractivity contribution is -0.340. The number of rotatable bonds is 8. The number of aromatic amines is 1. The van der Waals surface area contributed by atoms with E-state index < -0.39 is 59.3 Å². The molecule has 2 saturated heterocycles. The number of nitrogens with one attached hydrogen (secondary N) is 2. The minimum Gasteiger partial charge on any atom is -0.508 e. The predicted octanol–water partition coefficient (Wildman–Crippen LogP) is 5.62. The van der Waals surface area contributed by atoms with Crippen LogP contribution in [-0.4, -0.2) is 98.1 Å². The fourth-order valence-electron chi connectivity index (χ4n) is 9.12. The molecule has 0 bridgehead atoms. The van der Waals surface area contributed by atoms with E-state index in [1.807, 2.05) is 30.6 Å². The van der Waals surface area contributed by atoms with Gasteiger partial charge in [0.2, 0.25) is 17.5 Å². The van der Waals surface area contributed by atoms with Crippen molar-refractivity contribution < 1.29 is 53.4 Å². The number of aliphatic carboxylic acids is 1. The predicted molar refractivity (Wildman–Crippen MR) is 250 cm³/mol. The number of ether oxygens (including phenoxy) is 3. The molecule has 0 spiro atoms. The van der Waals surface area contributed by atoms with Crippen LogP contribution in [0.5, 0.6) is 11.5 Å². The molecule has 17 heteroatoms. The first kappa shape index (κ1) is 46.7. The summed E-state index contributed by atoms with van der Waals surface area (Å²) >= 11 is 0. The quantitative estimate of drug-likeness (QED) is 0.0568. The van der Waals surface area contributed by atoms with Crippen molar-refractivity contribution in [2.75, 3.05) is 24.8 Å². The van der Waals surface area contributed by atoms with Crippen LogP contribution in [-0.2, 0) is 25.5 Å². The SMILES string of the molecule is NC(=O)c1oc2cc(O[C@@H]3O[C@H](C(=O)O)[C@@H](O)[C@]4(C=O)OCSSC[C@H](c5cc[nH]c5)[C@H]([C@@H]5CC#CCCCc6ccccc6/C=C/C5)CNC[C@]34O)ccc2c(=O)c1-c1ccc(O)cc1. The maximum atomic E-state index is 13.9. The van der Waals surface area contributed by atoms with E-state index >= 15 is 0 Å². The second kappa shape index (κ2) is 20.4. The Morgan fingerprint density at radius 1 is 1.05 bits per heavy atom. The summed E-state index contributed by atoms with van der Waals surface area (Å²) < 4.78 is 24.1. The zero-order valence-electron chi connectivity index (χ0n) is 35.6. The van der Waals surface area contributed by atoms with E-state index in [0.717, 1.165) is 30.4 Å². The number of H-pyrrole nitrogens is 1. The van der Waals surface area contributed by atoms with Gasteiger partial charge in [-0.05, 0) is 96.1 Å². The standard InChI is InChI=1S/C49H49N3O12S2/c50-45(57)42-40(32-14-16-34(54)17-15-32)41(55)36-19-18-35(22-39(36)63-42)62-47-48(60)26-52-24-37(31-11-4-2-1-3-8-29-9-5-6-10-30(29)12-7-13-31)38(33-20-21-51-23-33)25-65-66-28-61-49(48,27-53)44(56)43(64-47)46(58)59/h5-7,9-10,12,14-23,27,31,37-38,43-44,47,51-52,54,56,60H,1,3,8,11,13,24-26,28H2,(H2,50,57)(H,58,59)/b12-7+/t31-,37+,38-,43+,44-,47-,48+,49+/m1/s1. The lowest BCUT2D eigenvalue weighted by atomic mass is 9.73. The van der Waals surface area contributed by atoms with E-state index in [9.17, 15) is 39.6 Å². The Bertz CT molecular complexity index is 2720. The van der Waals surface area contributed by atoms with Crippen molar-refractivity contribution in [3.63, 3.8) is 0 Å². The third kappa shape index (κ3) is 9.40. The molecule has 344 valence electrons. The minimum absolute atomic E-state index is 0.00351. The van der Waals surface area contributed by atoms with E-state index in [4.69, 9.17) is 24.4 Å². The van der Waals surface area contributed by atoms with Crippen LogP contribution < -0.4 is 21.2 Å². The lowest BCUT2D eigenvalue weighted by Gasteiger charge is -2.53. The summed E-state index contributed by atoms with van der Waals surface area (Å²) in [5, 5.41) is 48.2. The highest BCUT2D eigenvalue weighted by Crippen LogP contribution is 2.45. The maximum Gasteiger partial charge on any atom is 0.335 e. The van der Waals surface area contributed by atoms with Crippen molar-refractivity contribution >= 4 is 56.8 Å². The van der Waals surface area contributed by atoms with Crippen LogP contribution in [0.1, 0.15) is 58.8 Å². The van der Waals surface area contributed by atoms with Crippen LogP contribution in [0.3, 0.4) is 0 Å². The number of nitrogens with two attached hydrogens (primary N) is 1. The summed E-state index contributed by atoms with van der Waals surface area (Å²) in [5.41, 5.74) is 3.25. The number of aliphatic hydroxyl groups is 2. The topological polar surface area (TPSA) is 244 Å². The average molecular weight is 936 g/mol. The summed E-state index contributed by atoms with van der Waals surface area (Å²) in [6.45, 7) is -0.235. The Morgan fingerprint density at radius 2 is 1.86 bits per heavy atom. The highest BCUT2D eigenvalue weighted by Gasteiger charge is 2.69. The number of carboxylic acid groups (broad SMARTS) is 1. The number of hydrogen-bond acceptors (Lipinski definition) is 14. The summed E-state index contributed by atoms with van der Waals surface area (Å²) in [6.07, 6.45) is 5.92. The van der Waals surface area contributed by atoms with Gasteiger partial charge in [0.1, 0.15) is 29.1 Å². The zero-order valence-corrected chi connectivity index (χ0v) is 37.2. The van der Waals surface area contributed by atoms with Gasteiger partial charge in [0.15, 0.2) is 23.6 Å². The molecule has 4 heterocycles. The van der Waals surface area contributed by atoms with Crippen LogP contribution >= 0.6 is 21.6 Å². The molecule has 3 aliphatic rings. The first-order chi connectivity index (χ1) is 31.9. The molecule has 1 amide bonds. The van der Waals surface area contributed by atoms with Crippen LogP contribution in [0.15, 0.2) is 100 Å². The molecule has 0 radical (unpaired) electrons. The number of carboxylic acids is 1. The molecule has 5 aromatic rings. The number of carbonyl (C=O) groups is 3. The molecule has 1 aliphatic carbocycles. The number of aldehydes is 1. The number of benzene rings is 3. The second-order valence-corrected chi connectivity index (χ2v) is 19.0. The molecule has 8 atom stereocenters. The summed E-state index contributed by atoms with van der Waals surface area (Å²) in [6, 6.07) is 19.8. The van der Waals surface area contributed by atoms with Crippen molar-refractivity contribution in [2.24, 2.45) is 17.6 Å². The zero-order chi connectivity index (χ0) is 46.4. The number of aromatic nitrogens is 1. The Kier molecular flexibility index (Phi) is 14.4. The van der Waals surface area contributed by atoms with E-state index in [2.05, 4.69) is 46.4 Å². The number of fused-ring (bicyclic) bond motifs is 3. The second-order valence-electron chi connectivity index (χ2n) is 16.5. The van der Waals surface area contributed by atoms with E-state index in [1.165, 1.54) is 69.6 Å². The molecule has 15 nitrogen and oxygen atoms in total. The molecule has 3 aromatic carbocycles. The van der Waals surface area contributed by atoms with E-state index in [1.54, 1.807) is 0 Å². The highest BCUT2D eigenvalue weighted by molar-refractivity contribution is 8.76. The fourth-order valence-corrected chi connectivity index (χ4v) is 11.2. The molecule has 2 fully saturated rings. The molecule has 2 aliphatic heterocycles. The number of carbonyl (C=O) groups excluding carboxylic acids is 2. The number of amides is 1. The number of allylic oxidation sites excluding steroid dienone is 1. The largest absolute Gasteiger partial charge is 0.508 e. The van der Waals surface area contributed by atoms with Crippen molar-refractivity contribution in [3.8, 4) is 34.5 Å².